The van der Waals surface area contributed by atoms with Gasteiger partial charge in [0.05, 0.1) is 17.5 Å². The summed E-state index contributed by atoms with van der Waals surface area (Å²) in [6, 6.07) is 10.8. The molecule has 31 heavy (non-hydrogen) atoms. The number of hydrogen-bond acceptors (Lipinski definition) is 4. The highest BCUT2D eigenvalue weighted by Crippen LogP contribution is 2.60. The van der Waals surface area contributed by atoms with Crippen LogP contribution in [-0.2, 0) is 19.9 Å². The number of imide groups is 1. The number of aryl methyl sites for hydroxylation is 2. The first kappa shape index (κ1) is 19.0. The molecule has 158 valence electrons. The Hall–Kier alpha value is -2.70. The van der Waals surface area contributed by atoms with E-state index in [-0.39, 0.29) is 23.8 Å². The summed E-state index contributed by atoms with van der Waals surface area (Å²) in [5.74, 6) is -2.02. The molecule has 6 nitrogen and oxygen atoms in total. The molecule has 0 saturated carbocycles. The van der Waals surface area contributed by atoms with E-state index in [1.807, 2.05) is 32.0 Å². The summed E-state index contributed by atoms with van der Waals surface area (Å²) >= 11 is 6.32. The van der Waals surface area contributed by atoms with Crippen molar-refractivity contribution in [2.45, 2.75) is 38.3 Å². The lowest BCUT2D eigenvalue weighted by Gasteiger charge is -2.36. The van der Waals surface area contributed by atoms with Gasteiger partial charge in [0.2, 0.25) is 17.7 Å². The van der Waals surface area contributed by atoms with Crippen molar-refractivity contribution in [2.24, 2.45) is 11.8 Å². The van der Waals surface area contributed by atoms with Gasteiger partial charge < -0.3 is 5.32 Å². The molecule has 3 saturated heterocycles. The van der Waals surface area contributed by atoms with Gasteiger partial charge in [-0.25, -0.2) is 4.90 Å². The molecule has 0 unspecified atom stereocenters. The predicted molar refractivity (Wildman–Crippen MR) is 117 cm³/mol. The molecule has 3 fully saturated rings. The second-order valence-corrected chi connectivity index (χ2v) is 9.53. The third kappa shape index (κ3) is 2.19. The van der Waals surface area contributed by atoms with Gasteiger partial charge in [-0.3, -0.25) is 19.3 Å². The Balaban J connectivity index is 1.56. The number of anilines is 2. The fourth-order valence-electron chi connectivity index (χ4n) is 6.29. The van der Waals surface area contributed by atoms with Gasteiger partial charge in [0.15, 0.2) is 0 Å². The molecule has 0 radical (unpaired) electrons. The fourth-order valence-corrected chi connectivity index (χ4v) is 6.47. The number of halogens is 1. The Kier molecular flexibility index (Phi) is 3.79. The topological polar surface area (TPSA) is 69.7 Å². The Labute approximate surface area is 185 Å². The van der Waals surface area contributed by atoms with E-state index in [0.717, 1.165) is 24.0 Å². The van der Waals surface area contributed by atoms with Gasteiger partial charge in [-0.1, -0.05) is 17.7 Å². The van der Waals surface area contributed by atoms with E-state index in [1.54, 1.807) is 18.2 Å². The molecule has 1 N–H and O–H groups in total. The predicted octanol–water partition coefficient (Wildman–Crippen LogP) is 3.39. The number of rotatable bonds is 1. The molecule has 0 aromatic heterocycles. The molecule has 1 spiro atoms. The van der Waals surface area contributed by atoms with Crippen LogP contribution >= 0.6 is 11.6 Å². The molecule has 6 rings (SSSR count). The molecule has 0 bridgehead atoms. The summed E-state index contributed by atoms with van der Waals surface area (Å²) in [5, 5.41) is 3.48. The van der Waals surface area contributed by atoms with E-state index >= 15 is 0 Å². The van der Waals surface area contributed by atoms with E-state index in [4.69, 9.17) is 11.6 Å². The third-order valence-electron chi connectivity index (χ3n) is 7.70. The lowest BCUT2D eigenvalue weighted by Crippen LogP contribution is -2.54. The van der Waals surface area contributed by atoms with Crippen LogP contribution in [0.4, 0.5) is 11.4 Å². The van der Waals surface area contributed by atoms with Crippen LogP contribution in [0.15, 0.2) is 36.4 Å². The first-order chi connectivity index (χ1) is 14.9. The molecule has 7 heteroatoms. The highest BCUT2D eigenvalue weighted by Gasteiger charge is 2.74. The van der Waals surface area contributed by atoms with E-state index in [2.05, 4.69) is 10.2 Å². The number of carbonyl (C=O) groups is 3. The summed E-state index contributed by atoms with van der Waals surface area (Å²) < 4.78 is 0. The minimum absolute atomic E-state index is 0.131. The van der Waals surface area contributed by atoms with E-state index in [9.17, 15) is 14.4 Å². The van der Waals surface area contributed by atoms with Gasteiger partial charge in [-0.15, -0.1) is 0 Å². The molecule has 0 aliphatic carbocycles. The Morgan fingerprint density at radius 3 is 2.61 bits per heavy atom. The molecule has 4 heterocycles. The summed E-state index contributed by atoms with van der Waals surface area (Å²) in [5.41, 5.74) is 2.89. The van der Waals surface area contributed by atoms with Crippen LogP contribution < -0.4 is 10.2 Å². The van der Waals surface area contributed by atoms with E-state index in [1.165, 1.54) is 4.90 Å². The number of carbonyl (C=O) groups excluding carboxylic acids is 3. The Bertz CT molecular complexity index is 1190. The van der Waals surface area contributed by atoms with Crippen LogP contribution in [0.1, 0.15) is 29.5 Å². The maximum Gasteiger partial charge on any atom is 0.250 e. The fraction of sp³-hybridized carbons (Fsp3) is 0.375. The average Bonchev–Trinajstić information content (AvgIpc) is 3.43. The van der Waals surface area contributed by atoms with Crippen molar-refractivity contribution in [3.05, 3.63) is 58.1 Å². The molecular weight excluding hydrogens is 414 g/mol. The molecule has 4 atom stereocenters. The van der Waals surface area contributed by atoms with Crippen molar-refractivity contribution in [3.8, 4) is 0 Å². The van der Waals surface area contributed by atoms with Crippen molar-refractivity contribution in [1.82, 2.24) is 4.90 Å². The van der Waals surface area contributed by atoms with Gasteiger partial charge in [-0.05, 0) is 74.7 Å². The molecule has 3 amide bonds. The highest BCUT2D eigenvalue weighted by atomic mass is 35.5. The lowest BCUT2D eigenvalue weighted by atomic mass is 9.75. The van der Waals surface area contributed by atoms with Crippen molar-refractivity contribution >= 4 is 40.7 Å². The van der Waals surface area contributed by atoms with Gasteiger partial charge in [0.25, 0.3) is 0 Å². The minimum Gasteiger partial charge on any atom is -0.324 e. The zero-order valence-electron chi connectivity index (χ0n) is 17.3. The van der Waals surface area contributed by atoms with Gasteiger partial charge in [-0.2, -0.15) is 0 Å². The van der Waals surface area contributed by atoms with Crippen molar-refractivity contribution in [3.63, 3.8) is 0 Å². The van der Waals surface area contributed by atoms with E-state index in [0.29, 0.717) is 28.5 Å². The normalized spacial score (nSPS) is 31.4. The highest BCUT2D eigenvalue weighted by molar-refractivity contribution is 6.31. The third-order valence-corrected chi connectivity index (χ3v) is 7.94. The van der Waals surface area contributed by atoms with Crippen LogP contribution in [0, 0.1) is 25.7 Å². The quantitative estimate of drug-likeness (QED) is 0.697. The number of nitrogens with one attached hydrogen (secondary N) is 1. The van der Waals surface area contributed by atoms with Crippen LogP contribution in [0.2, 0.25) is 5.02 Å². The zero-order chi connectivity index (χ0) is 21.7. The summed E-state index contributed by atoms with van der Waals surface area (Å²) in [6.45, 7) is 4.64. The van der Waals surface area contributed by atoms with Crippen LogP contribution in [0.3, 0.4) is 0 Å². The molecule has 2 aromatic carbocycles. The number of amides is 3. The first-order valence-electron chi connectivity index (χ1n) is 10.7. The lowest BCUT2D eigenvalue weighted by molar-refractivity contribution is -0.135. The monoisotopic (exact) mass is 435 g/mol. The number of nitrogens with zero attached hydrogens (tertiary/aromatic N) is 2. The average molecular weight is 436 g/mol. The van der Waals surface area contributed by atoms with Crippen LogP contribution in [0.5, 0.6) is 0 Å². The first-order valence-corrected chi connectivity index (χ1v) is 11.1. The van der Waals surface area contributed by atoms with Gasteiger partial charge in [0.1, 0.15) is 5.54 Å². The SMILES string of the molecule is Cc1ccc(N2C(=O)[C@@H]3[C@H]4CCCN4[C@@]4(C(=O)Nc5ccc(Cl)cc54)[C@@H]3C2=O)cc1C. The molecule has 4 aliphatic rings. The number of fused-ring (bicyclic) bond motifs is 7. The van der Waals surface area contributed by atoms with Crippen molar-refractivity contribution in [1.29, 1.82) is 0 Å². The van der Waals surface area contributed by atoms with Crippen molar-refractivity contribution in [2.75, 3.05) is 16.8 Å². The second kappa shape index (κ2) is 6.17. The molecule has 2 aromatic rings. The van der Waals surface area contributed by atoms with E-state index < -0.39 is 17.4 Å². The number of benzene rings is 2. The van der Waals surface area contributed by atoms with Crippen molar-refractivity contribution < 1.29 is 14.4 Å². The standard InChI is InChI=1S/C24H22ClN3O3/c1-12-5-7-15(10-13(12)2)28-21(29)19-18-4-3-9-27(18)24(20(19)22(28)30)16-11-14(25)6-8-17(16)26-23(24)31/h5-8,10-11,18-20H,3-4,9H2,1-2H3,(H,26,31)/t18-,19-,20+,24-/m1/s1. The summed E-state index contributed by atoms with van der Waals surface area (Å²) in [7, 11) is 0. The van der Waals surface area contributed by atoms with Crippen LogP contribution in [0.25, 0.3) is 0 Å². The Morgan fingerprint density at radius 2 is 1.84 bits per heavy atom. The zero-order valence-corrected chi connectivity index (χ0v) is 18.1. The van der Waals surface area contributed by atoms with Gasteiger partial charge >= 0.3 is 0 Å². The Morgan fingerprint density at radius 1 is 1.03 bits per heavy atom. The van der Waals surface area contributed by atoms with Crippen LogP contribution in [-0.4, -0.2) is 35.2 Å². The maximum absolute atomic E-state index is 13.9. The largest absolute Gasteiger partial charge is 0.324 e. The van der Waals surface area contributed by atoms with Gasteiger partial charge in [0, 0.05) is 22.3 Å². The maximum atomic E-state index is 13.9. The molecule has 4 aliphatic heterocycles. The number of hydrogen-bond donors (Lipinski definition) is 1. The smallest absolute Gasteiger partial charge is 0.250 e. The molecular formula is C24H22ClN3O3. The summed E-state index contributed by atoms with van der Waals surface area (Å²) in [4.78, 5) is 44.6. The second-order valence-electron chi connectivity index (χ2n) is 9.10. The summed E-state index contributed by atoms with van der Waals surface area (Å²) in [6.07, 6.45) is 1.69. The minimum atomic E-state index is -1.19.